The Morgan fingerprint density at radius 2 is 1.77 bits per heavy atom. The predicted molar refractivity (Wildman–Crippen MR) is 151 cm³/mol. The van der Waals surface area contributed by atoms with Gasteiger partial charge in [-0.1, -0.05) is 0 Å². The summed E-state index contributed by atoms with van der Waals surface area (Å²) in [7, 11) is 3.77. The van der Waals surface area contributed by atoms with Crippen LogP contribution in [0.4, 0.5) is 11.4 Å². The SMILES string of the molecule is CN(c1cc(=O)n(C)c2ccc(C#N)nc12)C1CCC(N(CC2COCCO2)c2ccc3c(c2)OCCO3)CC1. The standard InChI is InChI=1S/C30H35N5O5/c1-33(26-16-29(36)34(2)25-9-3-20(17-31)32-30(25)26)21-4-6-22(7-5-21)35(18-24-19-37-11-12-38-24)23-8-10-27-28(15-23)40-14-13-39-27/h3,8-10,15-16,21-22,24H,4-7,11-14,18-19H2,1-2H3. The number of benzene rings is 1. The minimum absolute atomic E-state index is 0.00894. The second kappa shape index (κ2) is 11.4. The molecule has 2 aromatic heterocycles. The molecule has 1 saturated heterocycles. The first kappa shape index (κ1) is 26.4. The summed E-state index contributed by atoms with van der Waals surface area (Å²) in [5, 5.41) is 9.43. The van der Waals surface area contributed by atoms with E-state index in [4.69, 9.17) is 18.9 Å². The number of rotatable bonds is 6. The Morgan fingerprint density at radius 3 is 2.52 bits per heavy atom. The monoisotopic (exact) mass is 545 g/mol. The molecule has 10 nitrogen and oxygen atoms in total. The average molecular weight is 546 g/mol. The lowest BCUT2D eigenvalue weighted by Gasteiger charge is -2.43. The highest BCUT2D eigenvalue weighted by molar-refractivity contribution is 5.88. The van der Waals surface area contributed by atoms with Gasteiger partial charge in [0, 0.05) is 50.5 Å². The van der Waals surface area contributed by atoms with E-state index in [1.807, 2.05) is 13.1 Å². The third-order valence-electron chi connectivity index (χ3n) is 8.36. The maximum Gasteiger partial charge on any atom is 0.252 e. The Balaban J connectivity index is 1.23. The summed E-state index contributed by atoms with van der Waals surface area (Å²) < 4.78 is 25.0. The van der Waals surface area contributed by atoms with Crippen molar-refractivity contribution < 1.29 is 18.9 Å². The fraction of sp³-hybridized carbons (Fsp3) is 0.500. The van der Waals surface area contributed by atoms with Crippen molar-refractivity contribution in [2.45, 2.75) is 43.9 Å². The molecule has 10 heteroatoms. The molecule has 0 spiro atoms. The second-order valence-corrected chi connectivity index (χ2v) is 10.7. The van der Waals surface area contributed by atoms with E-state index in [1.54, 1.807) is 29.8 Å². The number of hydrogen-bond acceptors (Lipinski definition) is 9. The van der Waals surface area contributed by atoms with Gasteiger partial charge < -0.3 is 33.3 Å². The zero-order valence-corrected chi connectivity index (χ0v) is 23.0. The van der Waals surface area contributed by atoms with E-state index >= 15 is 0 Å². The molecule has 1 saturated carbocycles. The van der Waals surface area contributed by atoms with Crippen molar-refractivity contribution in [2.75, 3.05) is 56.4 Å². The van der Waals surface area contributed by atoms with E-state index in [0.29, 0.717) is 50.3 Å². The topological polar surface area (TPSA) is 102 Å². The molecule has 210 valence electrons. The van der Waals surface area contributed by atoms with Crippen molar-refractivity contribution in [3.05, 3.63) is 52.4 Å². The quantitative estimate of drug-likeness (QED) is 0.462. The summed E-state index contributed by atoms with van der Waals surface area (Å²) in [6.45, 7) is 3.70. The normalized spacial score (nSPS) is 22.5. The van der Waals surface area contributed by atoms with Crippen LogP contribution in [0.2, 0.25) is 0 Å². The van der Waals surface area contributed by atoms with Gasteiger partial charge >= 0.3 is 0 Å². The highest BCUT2D eigenvalue weighted by atomic mass is 16.6. The first-order valence-electron chi connectivity index (χ1n) is 14.0. The van der Waals surface area contributed by atoms with Gasteiger partial charge in [-0.15, -0.1) is 0 Å². The molecule has 1 atom stereocenters. The van der Waals surface area contributed by atoms with Gasteiger partial charge in [-0.05, 0) is 49.9 Å². The lowest BCUT2D eigenvalue weighted by atomic mass is 9.88. The van der Waals surface area contributed by atoms with E-state index in [9.17, 15) is 10.1 Å². The highest BCUT2D eigenvalue weighted by Gasteiger charge is 2.32. The first-order chi connectivity index (χ1) is 19.5. The largest absolute Gasteiger partial charge is 0.486 e. The zero-order valence-electron chi connectivity index (χ0n) is 23.0. The number of hydrogen-bond donors (Lipinski definition) is 0. The molecule has 3 aliphatic rings. The number of nitriles is 1. The number of ether oxygens (including phenoxy) is 4. The Labute approximate surface area is 233 Å². The molecule has 6 rings (SSSR count). The van der Waals surface area contributed by atoms with Gasteiger partial charge in [0.05, 0.1) is 37.1 Å². The van der Waals surface area contributed by atoms with Gasteiger partial charge in [0.1, 0.15) is 30.5 Å². The van der Waals surface area contributed by atoms with Crippen molar-refractivity contribution in [2.24, 2.45) is 7.05 Å². The van der Waals surface area contributed by atoms with E-state index in [1.165, 1.54) is 0 Å². The van der Waals surface area contributed by atoms with Crippen molar-refractivity contribution in [3.63, 3.8) is 0 Å². The fourth-order valence-electron chi connectivity index (χ4n) is 6.13. The van der Waals surface area contributed by atoms with E-state index in [-0.39, 0.29) is 17.7 Å². The lowest BCUT2D eigenvalue weighted by Crippen LogP contribution is -2.48. The van der Waals surface area contributed by atoms with Crippen LogP contribution >= 0.6 is 0 Å². The number of fused-ring (bicyclic) bond motifs is 2. The van der Waals surface area contributed by atoms with Crippen LogP contribution in [0, 0.1) is 11.3 Å². The molecule has 1 aromatic carbocycles. The van der Waals surface area contributed by atoms with Crippen LogP contribution in [-0.2, 0) is 16.5 Å². The number of pyridine rings is 2. The van der Waals surface area contributed by atoms with Gasteiger partial charge in [0.25, 0.3) is 5.56 Å². The van der Waals surface area contributed by atoms with Crippen LogP contribution in [-0.4, -0.2) is 74.4 Å². The van der Waals surface area contributed by atoms with Crippen LogP contribution in [0.15, 0.2) is 41.2 Å². The first-order valence-corrected chi connectivity index (χ1v) is 14.0. The molecule has 2 aliphatic heterocycles. The second-order valence-electron chi connectivity index (χ2n) is 10.7. The maximum atomic E-state index is 12.8. The average Bonchev–Trinajstić information content (AvgIpc) is 3.01. The minimum atomic E-state index is -0.0889. The van der Waals surface area contributed by atoms with Crippen molar-refractivity contribution >= 4 is 22.4 Å². The maximum absolute atomic E-state index is 12.8. The Morgan fingerprint density at radius 1 is 1.00 bits per heavy atom. The molecule has 40 heavy (non-hydrogen) atoms. The number of anilines is 2. The van der Waals surface area contributed by atoms with Crippen molar-refractivity contribution in [1.29, 1.82) is 5.26 Å². The molecule has 4 heterocycles. The van der Waals surface area contributed by atoms with E-state index < -0.39 is 0 Å². The van der Waals surface area contributed by atoms with Crippen LogP contribution in [0.5, 0.6) is 11.5 Å². The van der Waals surface area contributed by atoms with Crippen LogP contribution in [0.3, 0.4) is 0 Å². The number of aromatic nitrogens is 2. The highest BCUT2D eigenvalue weighted by Crippen LogP contribution is 2.38. The van der Waals surface area contributed by atoms with Crippen molar-refractivity contribution in [1.82, 2.24) is 9.55 Å². The van der Waals surface area contributed by atoms with Gasteiger partial charge in [0.2, 0.25) is 0 Å². The zero-order chi connectivity index (χ0) is 27.6. The molecular weight excluding hydrogens is 510 g/mol. The third-order valence-corrected chi connectivity index (χ3v) is 8.36. The van der Waals surface area contributed by atoms with Gasteiger partial charge in [-0.25, -0.2) is 4.98 Å². The Bertz CT molecular complexity index is 1470. The van der Waals surface area contributed by atoms with Crippen LogP contribution < -0.4 is 24.8 Å². The summed E-state index contributed by atoms with van der Waals surface area (Å²) in [4.78, 5) is 22.0. The van der Waals surface area contributed by atoms with Crippen molar-refractivity contribution in [3.8, 4) is 17.6 Å². The smallest absolute Gasteiger partial charge is 0.252 e. The molecule has 0 bridgehead atoms. The molecule has 0 N–H and O–H groups in total. The number of nitrogens with zero attached hydrogens (tertiary/aromatic N) is 5. The fourth-order valence-corrected chi connectivity index (χ4v) is 6.13. The molecule has 0 radical (unpaired) electrons. The molecule has 1 aliphatic carbocycles. The summed E-state index contributed by atoms with van der Waals surface area (Å²) in [5.74, 6) is 1.57. The summed E-state index contributed by atoms with van der Waals surface area (Å²) in [6, 6.07) is 14.0. The summed E-state index contributed by atoms with van der Waals surface area (Å²) >= 11 is 0. The van der Waals surface area contributed by atoms with Gasteiger partial charge in [0.15, 0.2) is 11.5 Å². The lowest BCUT2D eigenvalue weighted by molar-refractivity contribution is -0.0846. The summed E-state index contributed by atoms with van der Waals surface area (Å²) in [6.07, 6.45) is 3.89. The number of aryl methyl sites for hydroxylation is 1. The minimum Gasteiger partial charge on any atom is -0.486 e. The van der Waals surface area contributed by atoms with Crippen LogP contribution in [0.25, 0.3) is 11.0 Å². The molecule has 0 amide bonds. The predicted octanol–water partition coefficient (Wildman–Crippen LogP) is 3.25. The third kappa shape index (κ3) is 5.19. The van der Waals surface area contributed by atoms with E-state index in [0.717, 1.165) is 60.6 Å². The Kier molecular flexibility index (Phi) is 7.50. The molecule has 2 fully saturated rings. The molecular formula is C30H35N5O5. The Hall–Kier alpha value is -3.81. The van der Waals surface area contributed by atoms with Crippen LogP contribution in [0.1, 0.15) is 31.4 Å². The van der Waals surface area contributed by atoms with Gasteiger partial charge in [-0.3, -0.25) is 4.79 Å². The van der Waals surface area contributed by atoms with Gasteiger partial charge in [-0.2, -0.15) is 5.26 Å². The molecule has 3 aromatic rings. The van der Waals surface area contributed by atoms with E-state index in [2.05, 4.69) is 33.0 Å². The summed E-state index contributed by atoms with van der Waals surface area (Å²) in [5.41, 5.74) is 3.53. The molecule has 1 unspecified atom stereocenters.